The molecular formula is C11H14N2O. The van der Waals surface area contributed by atoms with Crippen molar-refractivity contribution in [1.29, 1.82) is 0 Å². The molecule has 0 spiro atoms. The Kier molecular flexibility index (Phi) is 1.95. The topological polar surface area (TPSA) is 38.0 Å². The summed E-state index contributed by atoms with van der Waals surface area (Å²) in [5.41, 5.74) is 2.67. The van der Waals surface area contributed by atoms with Crippen LogP contribution in [-0.4, -0.2) is 14.7 Å². The quantitative estimate of drug-likeness (QED) is 0.749. The lowest BCUT2D eigenvalue weighted by atomic mass is 10.1. The predicted molar refractivity (Wildman–Crippen MR) is 56.5 cm³/mol. The van der Waals surface area contributed by atoms with E-state index in [0.29, 0.717) is 0 Å². The van der Waals surface area contributed by atoms with E-state index in [1.165, 1.54) is 0 Å². The Morgan fingerprint density at radius 1 is 1.43 bits per heavy atom. The van der Waals surface area contributed by atoms with Crippen LogP contribution in [0.25, 0.3) is 11.0 Å². The van der Waals surface area contributed by atoms with Gasteiger partial charge in [0.1, 0.15) is 5.75 Å². The summed E-state index contributed by atoms with van der Waals surface area (Å²) >= 11 is 0. The molecular weight excluding hydrogens is 176 g/mol. The molecule has 0 radical (unpaired) electrons. The first-order chi connectivity index (χ1) is 6.59. The van der Waals surface area contributed by atoms with Crippen LogP contribution >= 0.6 is 0 Å². The van der Waals surface area contributed by atoms with Gasteiger partial charge in [0, 0.05) is 19.3 Å². The van der Waals surface area contributed by atoms with Crippen molar-refractivity contribution in [1.82, 2.24) is 9.55 Å². The summed E-state index contributed by atoms with van der Waals surface area (Å²) in [4.78, 5) is 4.42. The summed E-state index contributed by atoms with van der Waals surface area (Å²) in [5, 5.41) is 9.75. The number of pyridine rings is 1. The highest BCUT2D eigenvalue weighted by atomic mass is 16.3. The Hall–Kier alpha value is -1.51. The molecule has 0 saturated carbocycles. The molecule has 0 saturated heterocycles. The lowest BCUT2D eigenvalue weighted by Crippen LogP contribution is -1.94. The van der Waals surface area contributed by atoms with Crippen LogP contribution in [0.15, 0.2) is 18.3 Å². The summed E-state index contributed by atoms with van der Waals surface area (Å²) in [5.74, 6) is 0.536. The molecule has 0 aliphatic rings. The zero-order chi connectivity index (χ0) is 10.3. The number of rotatable bonds is 1. The molecule has 3 heteroatoms. The number of aromatic hydroxyl groups is 1. The molecule has 0 unspecified atom stereocenters. The maximum atomic E-state index is 9.75. The molecule has 0 atom stereocenters. The van der Waals surface area contributed by atoms with Gasteiger partial charge in [0.15, 0.2) is 0 Å². The van der Waals surface area contributed by atoms with E-state index in [1.54, 1.807) is 6.07 Å². The van der Waals surface area contributed by atoms with Crippen LogP contribution in [0.5, 0.6) is 5.75 Å². The van der Waals surface area contributed by atoms with E-state index in [2.05, 4.69) is 4.98 Å². The van der Waals surface area contributed by atoms with Crippen molar-refractivity contribution in [3.05, 3.63) is 24.0 Å². The minimum Gasteiger partial charge on any atom is -0.506 e. The fourth-order valence-electron chi connectivity index (χ4n) is 1.61. The number of aryl methyl sites for hydroxylation is 1. The summed E-state index contributed by atoms with van der Waals surface area (Å²) < 4.78 is 1.95. The molecule has 0 bridgehead atoms. The van der Waals surface area contributed by atoms with Gasteiger partial charge in [-0.1, -0.05) is 13.8 Å². The van der Waals surface area contributed by atoms with E-state index in [0.717, 1.165) is 16.7 Å². The fraction of sp³-hybridized carbons (Fsp3) is 0.364. The van der Waals surface area contributed by atoms with Crippen LogP contribution in [0.4, 0.5) is 0 Å². The summed E-state index contributed by atoms with van der Waals surface area (Å²) in [6.45, 7) is 4.05. The summed E-state index contributed by atoms with van der Waals surface area (Å²) in [6.07, 6.45) is 1.95. The molecule has 3 nitrogen and oxygen atoms in total. The number of nitrogens with zero attached hydrogens (tertiary/aromatic N) is 2. The Morgan fingerprint density at radius 3 is 2.79 bits per heavy atom. The minimum atomic E-state index is 0.250. The molecule has 0 aromatic carbocycles. The van der Waals surface area contributed by atoms with E-state index < -0.39 is 0 Å². The lowest BCUT2D eigenvalue weighted by molar-refractivity contribution is 0.461. The minimum absolute atomic E-state index is 0.250. The average Bonchev–Trinajstić information content (AvgIpc) is 2.46. The van der Waals surface area contributed by atoms with E-state index in [4.69, 9.17) is 0 Å². The van der Waals surface area contributed by atoms with Crippen molar-refractivity contribution < 1.29 is 5.11 Å². The lowest BCUT2D eigenvalue weighted by Gasteiger charge is -2.07. The van der Waals surface area contributed by atoms with Gasteiger partial charge in [-0.3, -0.25) is 0 Å². The third-order valence-corrected chi connectivity index (χ3v) is 2.42. The zero-order valence-corrected chi connectivity index (χ0v) is 8.65. The molecule has 0 fully saturated rings. The standard InChI is InChI=1S/C11H14N2O/c1-7(2)11-10(14)6-9-8(12-11)4-5-13(9)3/h4-7,14H,1-3H3. The van der Waals surface area contributed by atoms with Gasteiger partial charge >= 0.3 is 0 Å². The number of aromatic nitrogens is 2. The molecule has 74 valence electrons. The molecule has 2 aromatic heterocycles. The Balaban J connectivity index is 2.72. The normalized spacial score (nSPS) is 11.4. The van der Waals surface area contributed by atoms with E-state index in [1.807, 2.05) is 37.7 Å². The van der Waals surface area contributed by atoms with Crippen LogP contribution in [-0.2, 0) is 7.05 Å². The molecule has 0 amide bonds. The molecule has 1 N–H and O–H groups in total. The second-order valence-electron chi connectivity index (χ2n) is 3.88. The van der Waals surface area contributed by atoms with Crippen molar-refractivity contribution in [2.75, 3.05) is 0 Å². The Labute approximate surface area is 83.0 Å². The Morgan fingerprint density at radius 2 is 2.14 bits per heavy atom. The fourth-order valence-corrected chi connectivity index (χ4v) is 1.61. The van der Waals surface area contributed by atoms with Gasteiger partial charge in [-0.2, -0.15) is 0 Å². The van der Waals surface area contributed by atoms with E-state index in [-0.39, 0.29) is 11.7 Å². The van der Waals surface area contributed by atoms with Gasteiger partial charge in [-0.25, -0.2) is 4.98 Å². The van der Waals surface area contributed by atoms with Gasteiger partial charge < -0.3 is 9.67 Å². The number of hydrogen-bond acceptors (Lipinski definition) is 2. The first-order valence-electron chi connectivity index (χ1n) is 4.74. The third-order valence-electron chi connectivity index (χ3n) is 2.42. The highest BCUT2D eigenvalue weighted by Gasteiger charge is 2.10. The van der Waals surface area contributed by atoms with Crippen molar-refractivity contribution in [3.63, 3.8) is 0 Å². The summed E-state index contributed by atoms with van der Waals surface area (Å²) in [7, 11) is 1.94. The first kappa shape index (κ1) is 9.06. The van der Waals surface area contributed by atoms with Gasteiger partial charge in [0.05, 0.1) is 16.7 Å². The monoisotopic (exact) mass is 190 g/mol. The molecule has 0 aliphatic heterocycles. The van der Waals surface area contributed by atoms with Crippen molar-refractivity contribution in [2.45, 2.75) is 19.8 Å². The molecule has 2 aromatic rings. The largest absolute Gasteiger partial charge is 0.506 e. The highest BCUT2D eigenvalue weighted by molar-refractivity contribution is 5.77. The van der Waals surface area contributed by atoms with E-state index in [9.17, 15) is 5.11 Å². The maximum Gasteiger partial charge on any atom is 0.139 e. The van der Waals surface area contributed by atoms with Gasteiger partial charge in [-0.15, -0.1) is 0 Å². The molecule has 14 heavy (non-hydrogen) atoms. The van der Waals surface area contributed by atoms with Gasteiger partial charge in [-0.05, 0) is 12.0 Å². The van der Waals surface area contributed by atoms with Gasteiger partial charge in [0.2, 0.25) is 0 Å². The second kappa shape index (κ2) is 3.01. The third kappa shape index (κ3) is 1.25. The first-order valence-corrected chi connectivity index (χ1v) is 4.74. The van der Waals surface area contributed by atoms with Crippen LogP contribution in [0, 0.1) is 0 Å². The molecule has 0 aliphatic carbocycles. The maximum absolute atomic E-state index is 9.75. The van der Waals surface area contributed by atoms with E-state index >= 15 is 0 Å². The molecule has 2 heterocycles. The van der Waals surface area contributed by atoms with Crippen molar-refractivity contribution >= 4 is 11.0 Å². The van der Waals surface area contributed by atoms with Crippen molar-refractivity contribution in [3.8, 4) is 5.75 Å². The average molecular weight is 190 g/mol. The van der Waals surface area contributed by atoms with Crippen LogP contribution < -0.4 is 0 Å². The van der Waals surface area contributed by atoms with Crippen molar-refractivity contribution in [2.24, 2.45) is 7.05 Å². The SMILES string of the molecule is CC(C)c1nc2ccn(C)c2cc1O. The summed E-state index contributed by atoms with van der Waals surface area (Å²) in [6, 6.07) is 3.73. The number of hydrogen-bond donors (Lipinski definition) is 1. The number of fused-ring (bicyclic) bond motifs is 1. The highest BCUT2D eigenvalue weighted by Crippen LogP contribution is 2.27. The van der Waals surface area contributed by atoms with Crippen LogP contribution in [0.2, 0.25) is 0 Å². The smallest absolute Gasteiger partial charge is 0.139 e. The van der Waals surface area contributed by atoms with Crippen LogP contribution in [0.1, 0.15) is 25.5 Å². The molecule has 2 rings (SSSR count). The Bertz CT molecular complexity index is 471. The van der Waals surface area contributed by atoms with Crippen LogP contribution in [0.3, 0.4) is 0 Å². The second-order valence-corrected chi connectivity index (χ2v) is 3.88. The predicted octanol–water partition coefficient (Wildman–Crippen LogP) is 2.40. The van der Waals surface area contributed by atoms with Gasteiger partial charge in [0.25, 0.3) is 0 Å². The zero-order valence-electron chi connectivity index (χ0n) is 8.65.